The lowest BCUT2D eigenvalue weighted by Crippen LogP contribution is -1.99. The van der Waals surface area contributed by atoms with Crippen LogP contribution in [0.25, 0.3) is 188 Å². The summed E-state index contributed by atoms with van der Waals surface area (Å²) in [6.07, 6.45) is 0. The topological polar surface area (TPSA) is 40.6 Å². The molecule has 0 aliphatic carbocycles. The van der Waals surface area contributed by atoms with Gasteiger partial charge in [0.25, 0.3) is 0 Å². The van der Waals surface area contributed by atoms with E-state index < -0.39 is 0 Å². The normalized spacial score (nSPS) is 12.3. The van der Waals surface area contributed by atoms with E-state index in [0.29, 0.717) is 5.82 Å². The predicted molar refractivity (Wildman–Crippen MR) is 378 cm³/mol. The molecule has 13 aromatic carbocycles. The maximum Gasteiger partial charge on any atom is 0.160 e. The van der Waals surface area contributed by atoms with Crippen molar-refractivity contribution in [3.05, 3.63) is 273 Å². The van der Waals surface area contributed by atoms with Gasteiger partial charge in [0.2, 0.25) is 0 Å². The van der Waals surface area contributed by atoms with Gasteiger partial charge in [-0.2, -0.15) is 0 Å². The summed E-state index contributed by atoms with van der Waals surface area (Å²) in [5, 5.41) is 16.5. The second kappa shape index (κ2) is 18.4. The summed E-state index contributed by atoms with van der Waals surface area (Å²) in [5.41, 5.74) is 16.3. The van der Waals surface area contributed by atoms with E-state index in [4.69, 9.17) is 9.97 Å². The fraction of sp³-hybridized carbons (Fsp3) is 0. The van der Waals surface area contributed by atoms with E-state index in [1.807, 2.05) is 34.0 Å². The molecule has 7 aromatic heterocycles. The Kier molecular flexibility index (Phi) is 10.1. The highest BCUT2D eigenvalue weighted by atomic mass is 32.1. The van der Waals surface area contributed by atoms with Crippen LogP contribution in [-0.2, 0) is 0 Å². The van der Waals surface area contributed by atoms with Gasteiger partial charge < -0.3 is 13.7 Å². The van der Waals surface area contributed by atoms with Crippen LogP contribution in [0.5, 0.6) is 0 Å². The van der Waals surface area contributed by atoms with Crippen LogP contribution >= 0.6 is 34.0 Å². The highest BCUT2D eigenvalue weighted by Gasteiger charge is 2.23. The zero-order chi connectivity index (χ0) is 57.3. The smallest absolute Gasteiger partial charge is 0.160 e. The zero-order valence-corrected chi connectivity index (χ0v) is 49.4. The van der Waals surface area contributed by atoms with E-state index in [2.05, 4.69) is 287 Å². The predicted octanol–water partition coefficient (Wildman–Crippen LogP) is 23.0. The number of rotatable bonds is 6. The number of hydrogen-bond donors (Lipinski definition) is 0. The lowest BCUT2D eigenvalue weighted by atomic mass is 9.99. The van der Waals surface area contributed by atoms with Gasteiger partial charge in [0.15, 0.2) is 5.82 Å². The first kappa shape index (κ1) is 48.5. The van der Waals surface area contributed by atoms with Crippen LogP contribution in [-0.4, -0.2) is 23.7 Å². The molecule has 0 fully saturated rings. The molecule has 0 aliphatic heterocycles. The van der Waals surface area contributed by atoms with Crippen LogP contribution in [0.3, 0.4) is 0 Å². The maximum atomic E-state index is 5.68. The minimum absolute atomic E-state index is 0.671. The summed E-state index contributed by atoms with van der Waals surface area (Å²) >= 11 is 5.66. The van der Waals surface area contributed by atoms with Gasteiger partial charge in [-0.1, -0.05) is 170 Å². The standard InChI is InChI=1S/C80H45N5S3/c1-7-25-64-59(22-1)73-67(40-36-56-53-19-4-10-28-70(53)86-77(56)73)83(64)50-34-31-46(32-35-50)76-62-45-48(47-15-13-17-51(43-47)84-65-26-8-2-23-60(65)74-68(84)41-37-57-54-20-5-11-29-71(54)87-78(57)74)33-39-63(62)81-80(82-76)49-16-14-18-52(44-49)85-66-27-9-3-24-61(66)75-69(85)42-38-58-55-21-6-12-30-72(55)88-79(58)75/h1-45H. The summed E-state index contributed by atoms with van der Waals surface area (Å²) in [6.45, 7) is 0. The largest absolute Gasteiger partial charge is 0.309 e. The molecule has 0 aliphatic rings. The molecule has 20 rings (SSSR count). The fourth-order valence-electron chi connectivity index (χ4n) is 14.6. The van der Waals surface area contributed by atoms with E-state index in [1.54, 1.807) is 0 Å². The van der Waals surface area contributed by atoms with Gasteiger partial charge in [-0.05, 0) is 114 Å². The third-order valence-corrected chi connectivity index (χ3v) is 22.0. The number of hydrogen-bond acceptors (Lipinski definition) is 5. The monoisotopic (exact) mass is 1170 g/mol. The van der Waals surface area contributed by atoms with E-state index >= 15 is 0 Å². The van der Waals surface area contributed by atoms with E-state index in [9.17, 15) is 0 Å². The molecule has 0 saturated carbocycles. The molecule has 0 radical (unpaired) electrons. The Labute approximate surface area is 514 Å². The summed E-state index contributed by atoms with van der Waals surface area (Å²) in [6, 6.07) is 100. The van der Waals surface area contributed by atoms with Crippen LogP contribution in [0.2, 0.25) is 0 Å². The second-order valence-electron chi connectivity index (χ2n) is 23.1. The number of nitrogens with zero attached hydrogens (tertiary/aromatic N) is 5. The molecule has 5 nitrogen and oxygen atoms in total. The summed E-state index contributed by atoms with van der Waals surface area (Å²) in [4.78, 5) is 11.2. The molecule has 0 atom stereocenters. The Hall–Kier alpha value is -10.7. The quantitative estimate of drug-likeness (QED) is 0.166. The van der Waals surface area contributed by atoms with Crippen molar-refractivity contribution in [3.8, 4) is 50.8 Å². The first-order chi connectivity index (χ1) is 43.6. The van der Waals surface area contributed by atoms with Crippen molar-refractivity contribution >= 4 is 171 Å². The van der Waals surface area contributed by atoms with Crippen LogP contribution in [0.4, 0.5) is 0 Å². The van der Waals surface area contributed by atoms with Gasteiger partial charge in [0.1, 0.15) is 0 Å². The van der Waals surface area contributed by atoms with E-state index in [0.717, 1.165) is 55.9 Å². The van der Waals surface area contributed by atoms with Crippen LogP contribution < -0.4 is 0 Å². The highest BCUT2D eigenvalue weighted by Crippen LogP contribution is 2.48. The molecular formula is C80H45N5S3. The minimum atomic E-state index is 0.671. The third kappa shape index (κ3) is 6.90. The summed E-state index contributed by atoms with van der Waals surface area (Å²) in [5.74, 6) is 0.671. The molecule has 8 heteroatoms. The summed E-state index contributed by atoms with van der Waals surface area (Å²) < 4.78 is 15.2. The molecule has 0 saturated heterocycles. The van der Waals surface area contributed by atoms with Gasteiger partial charge in [0.05, 0.1) is 44.3 Å². The van der Waals surface area contributed by atoms with E-state index in [-0.39, 0.29) is 0 Å². The fourth-order valence-corrected chi connectivity index (χ4v) is 18.4. The Bertz CT molecular complexity index is 6380. The Balaban J connectivity index is 0.761. The molecule has 0 spiro atoms. The van der Waals surface area contributed by atoms with Gasteiger partial charge in [-0.25, -0.2) is 9.97 Å². The number of aromatic nitrogens is 5. The lowest BCUT2D eigenvalue weighted by Gasteiger charge is -2.14. The number of thiophene rings is 3. The molecule has 0 unspecified atom stereocenters. The van der Waals surface area contributed by atoms with E-state index in [1.165, 1.54) is 126 Å². The van der Waals surface area contributed by atoms with Crippen LogP contribution in [0.1, 0.15) is 0 Å². The van der Waals surface area contributed by atoms with Crippen molar-refractivity contribution in [2.45, 2.75) is 0 Å². The zero-order valence-electron chi connectivity index (χ0n) is 46.9. The highest BCUT2D eigenvalue weighted by molar-refractivity contribution is 7.27. The average Bonchev–Trinajstić information content (AvgIpc) is 1.65. The minimum Gasteiger partial charge on any atom is -0.309 e. The van der Waals surface area contributed by atoms with Crippen molar-refractivity contribution in [1.29, 1.82) is 0 Å². The Morgan fingerprint density at radius 2 is 0.636 bits per heavy atom. The second-order valence-corrected chi connectivity index (χ2v) is 26.3. The van der Waals surface area contributed by atoms with Gasteiger partial charge in [-0.3, -0.25) is 0 Å². The number of fused-ring (bicyclic) bond motifs is 22. The number of benzene rings is 13. The molecular weight excluding hydrogens is 1130 g/mol. The molecule has 7 heterocycles. The van der Waals surface area contributed by atoms with Crippen molar-refractivity contribution < 1.29 is 0 Å². The average molecular weight is 1170 g/mol. The molecule has 20 aromatic rings. The van der Waals surface area contributed by atoms with Crippen molar-refractivity contribution in [2.75, 3.05) is 0 Å². The maximum absolute atomic E-state index is 5.68. The van der Waals surface area contributed by atoms with Crippen molar-refractivity contribution in [1.82, 2.24) is 23.7 Å². The molecule has 0 amide bonds. The van der Waals surface area contributed by atoms with Gasteiger partial charge in [0, 0.05) is 126 Å². The van der Waals surface area contributed by atoms with Crippen molar-refractivity contribution in [3.63, 3.8) is 0 Å². The first-order valence-corrected chi connectivity index (χ1v) is 32.2. The van der Waals surface area contributed by atoms with Gasteiger partial charge >= 0.3 is 0 Å². The molecule has 0 bridgehead atoms. The van der Waals surface area contributed by atoms with Crippen molar-refractivity contribution in [2.24, 2.45) is 0 Å². The van der Waals surface area contributed by atoms with Gasteiger partial charge in [-0.15, -0.1) is 34.0 Å². The molecule has 408 valence electrons. The van der Waals surface area contributed by atoms with Crippen LogP contribution in [0, 0.1) is 0 Å². The summed E-state index contributed by atoms with van der Waals surface area (Å²) in [7, 11) is 0. The molecule has 0 N–H and O–H groups in total. The molecule has 88 heavy (non-hydrogen) atoms. The number of para-hydroxylation sites is 3. The SMILES string of the molecule is c1cc(-c2ccc3nc(-c4cccc(-n5c6ccccc6c6c7sc8ccccc8c7ccc65)c4)nc(-c4ccc(-n5c6ccccc6c6c7sc8ccccc8c7ccc65)cc4)c3c2)cc(-n2c3ccccc3c3c4sc5ccccc5c4ccc32)c1. The van der Waals surface area contributed by atoms with Crippen LogP contribution in [0.15, 0.2) is 273 Å². The third-order valence-electron chi connectivity index (χ3n) is 18.4. The Morgan fingerprint density at radius 1 is 0.239 bits per heavy atom. The Morgan fingerprint density at radius 3 is 1.12 bits per heavy atom. The first-order valence-electron chi connectivity index (χ1n) is 29.8. The lowest BCUT2D eigenvalue weighted by molar-refractivity contribution is 1.17.